The van der Waals surface area contributed by atoms with Crippen molar-refractivity contribution in [3.63, 3.8) is 0 Å². The van der Waals surface area contributed by atoms with Gasteiger partial charge in [-0.25, -0.2) is 0 Å². The highest BCUT2D eigenvalue weighted by Crippen LogP contribution is 2.50. The molecule has 0 aromatic heterocycles. The fourth-order valence-corrected chi connectivity index (χ4v) is 12.1. The molecule has 1 unspecified atom stereocenters. The predicted octanol–water partition coefficient (Wildman–Crippen LogP) is 11.1. The van der Waals surface area contributed by atoms with E-state index in [2.05, 4.69) is 143 Å². The molecule has 0 saturated heterocycles. The van der Waals surface area contributed by atoms with E-state index in [4.69, 9.17) is 0 Å². The van der Waals surface area contributed by atoms with Gasteiger partial charge in [0.2, 0.25) is 0 Å². The summed E-state index contributed by atoms with van der Waals surface area (Å²) >= 11 is 0. The van der Waals surface area contributed by atoms with Crippen LogP contribution in [0, 0.1) is 19.8 Å². The standard InChI is InChI=1S/C41H54Si/c1-12-42(13-2,14-3)37-24-22-32(27(4)28(37)5)38(29-17-15-16-18-29)39-35-26-30-25-31(40(6,7)8)19-20-33(30)34(35)21-23-36(39)41(9,10)11/h15-25,29,38H,12-14,26H2,1-11H3. The second-order valence-electron chi connectivity index (χ2n) is 15.2. The van der Waals surface area contributed by atoms with Gasteiger partial charge < -0.3 is 0 Å². The van der Waals surface area contributed by atoms with E-state index < -0.39 is 8.07 Å². The van der Waals surface area contributed by atoms with Crippen LogP contribution in [-0.4, -0.2) is 8.07 Å². The van der Waals surface area contributed by atoms with Crippen molar-refractivity contribution >= 4 is 13.3 Å². The first-order valence-electron chi connectivity index (χ1n) is 16.5. The highest BCUT2D eigenvalue weighted by atomic mass is 28.3. The average Bonchev–Trinajstić information content (AvgIpc) is 3.60. The zero-order valence-electron chi connectivity index (χ0n) is 28.3. The Morgan fingerprint density at radius 2 is 1.36 bits per heavy atom. The minimum atomic E-state index is -1.49. The summed E-state index contributed by atoms with van der Waals surface area (Å²) in [6, 6.07) is 21.3. The lowest BCUT2D eigenvalue weighted by Gasteiger charge is -2.35. The van der Waals surface area contributed by atoms with Gasteiger partial charge in [-0.05, 0) is 86.7 Å². The molecule has 1 heteroatoms. The zero-order valence-corrected chi connectivity index (χ0v) is 29.3. The molecule has 0 bridgehead atoms. The number of allylic oxidation sites excluding steroid dienone is 4. The topological polar surface area (TPSA) is 0 Å². The summed E-state index contributed by atoms with van der Waals surface area (Å²) in [5.41, 5.74) is 15.2. The molecule has 2 aliphatic rings. The molecule has 3 aromatic rings. The molecule has 0 spiro atoms. The first-order valence-corrected chi connectivity index (χ1v) is 19.1. The average molecular weight is 575 g/mol. The van der Waals surface area contributed by atoms with E-state index in [0.29, 0.717) is 11.8 Å². The first kappa shape index (κ1) is 30.8. The molecule has 42 heavy (non-hydrogen) atoms. The lowest BCUT2D eigenvalue weighted by Crippen LogP contribution is -2.47. The third-order valence-electron chi connectivity index (χ3n) is 11.0. The zero-order chi connectivity index (χ0) is 30.6. The van der Waals surface area contributed by atoms with Crippen LogP contribution in [0.1, 0.15) is 113 Å². The van der Waals surface area contributed by atoms with E-state index in [1.165, 1.54) is 57.1 Å². The minimum absolute atomic E-state index is 0.0532. The van der Waals surface area contributed by atoms with Crippen molar-refractivity contribution in [1.29, 1.82) is 0 Å². The van der Waals surface area contributed by atoms with Crippen LogP contribution in [0.25, 0.3) is 11.1 Å². The molecule has 0 amide bonds. The van der Waals surface area contributed by atoms with Crippen molar-refractivity contribution in [1.82, 2.24) is 0 Å². The Kier molecular flexibility index (Phi) is 8.16. The molecule has 2 aliphatic carbocycles. The Morgan fingerprint density at radius 3 is 1.93 bits per heavy atom. The van der Waals surface area contributed by atoms with Gasteiger partial charge in [0, 0.05) is 11.8 Å². The van der Waals surface area contributed by atoms with Gasteiger partial charge in [0.15, 0.2) is 0 Å². The van der Waals surface area contributed by atoms with Crippen LogP contribution in [0.15, 0.2) is 66.8 Å². The van der Waals surface area contributed by atoms with Crippen LogP contribution in [0.5, 0.6) is 0 Å². The lowest BCUT2D eigenvalue weighted by atomic mass is 9.70. The lowest BCUT2D eigenvalue weighted by molar-refractivity contribution is 0.564. The highest BCUT2D eigenvalue weighted by Gasteiger charge is 2.37. The van der Waals surface area contributed by atoms with E-state index in [-0.39, 0.29) is 10.8 Å². The molecule has 0 nitrogen and oxygen atoms in total. The molecular weight excluding hydrogens is 521 g/mol. The van der Waals surface area contributed by atoms with Gasteiger partial charge in [-0.3, -0.25) is 0 Å². The summed E-state index contributed by atoms with van der Waals surface area (Å²) < 4.78 is 0. The van der Waals surface area contributed by atoms with Crippen LogP contribution in [0.2, 0.25) is 18.1 Å². The molecule has 0 heterocycles. The van der Waals surface area contributed by atoms with Gasteiger partial charge >= 0.3 is 0 Å². The summed E-state index contributed by atoms with van der Waals surface area (Å²) in [4.78, 5) is 0. The second-order valence-corrected chi connectivity index (χ2v) is 20.4. The molecule has 5 rings (SSSR count). The third-order valence-corrected chi connectivity index (χ3v) is 16.8. The Bertz CT molecular complexity index is 1520. The maximum absolute atomic E-state index is 2.57. The largest absolute Gasteiger partial charge is 0.0862 e. The van der Waals surface area contributed by atoms with Crippen LogP contribution in [-0.2, 0) is 17.3 Å². The van der Waals surface area contributed by atoms with Gasteiger partial charge in [0.1, 0.15) is 0 Å². The molecule has 0 radical (unpaired) electrons. The monoisotopic (exact) mass is 574 g/mol. The van der Waals surface area contributed by atoms with Crippen molar-refractivity contribution in [2.45, 2.75) is 117 Å². The number of fused-ring (bicyclic) bond motifs is 3. The summed E-state index contributed by atoms with van der Waals surface area (Å²) in [5.74, 6) is 0.662. The van der Waals surface area contributed by atoms with Crippen molar-refractivity contribution < 1.29 is 0 Å². The van der Waals surface area contributed by atoms with Gasteiger partial charge in [-0.1, -0.05) is 152 Å². The highest BCUT2D eigenvalue weighted by molar-refractivity contribution is 6.92. The molecule has 0 aliphatic heterocycles. The fraction of sp³-hybridized carbons (Fsp3) is 0.463. The van der Waals surface area contributed by atoms with Gasteiger partial charge in [-0.2, -0.15) is 0 Å². The quantitative estimate of drug-likeness (QED) is 0.193. The molecule has 0 fully saturated rings. The minimum Gasteiger partial charge on any atom is -0.0767 e. The first-order chi connectivity index (χ1) is 19.8. The Labute approximate surface area is 258 Å². The third kappa shape index (κ3) is 5.10. The summed E-state index contributed by atoms with van der Waals surface area (Å²) in [5, 5.41) is 1.70. The summed E-state index contributed by atoms with van der Waals surface area (Å²) in [6.45, 7) is 26.4. The van der Waals surface area contributed by atoms with Crippen molar-refractivity contribution in [3.05, 3.63) is 111 Å². The van der Waals surface area contributed by atoms with Crippen LogP contribution < -0.4 is 5.19 Å². The summed E-state index contributed by atoms with van der Waals surface area (Å²) in [7, 11) is -1.49. The number of hydrogen-bond acceptors (Lipinski definition) is 0. The van der Waals surface area contributed by atoms with E-state index >= 15 is 0 Å². The van der Waals surface area contributed by atoms with Gasteiger partial charge in [0.25, 0.3) is 0 Å². The SMILES string of the molecule is CC[Si](CC)(CC)c1ccc(C(c2c(C(C)(C)C)ccc3c2Cc2cc(C(C)(C)C)ccc2-3)C2C=CC=C2)c(C)c1C. The van der Waals surface area contributed by atoms with Crippen LogP contribution in [0.4, 0.5) is 0 Å². The normalized spacial score (nSPS) is 15.8. The summed E-state index contributed by atoms with van der Waals surface area (Å²) in [6.07, 6.45) is 10.5. The van der Waals surface area contributed by atoms with E-state index in [1.54, 1.807) is 21.9 Å². The van der Waals surface area contributed by atoms with Crippen molar-refractivity contribution in [2.24, 2.45) is 5.92 Å². The Morgan fingerprint density at radius 1 is 0.738 bits per heavy atom. The predicted molar refractivity (Wildman–Crippen MR) is 188 cm³/mol. The van der Waals surface area contributed by atoms with Gasteiger partial charge in [0.05, 0.1) is 8.07 Å². The Hall–Kier alpha value is -2.64. The van der Waals surface area contributed by atoms with Crippen molar-refractivity contribution in [2.75, 3.05) is 0 Å². The fourth-order valence-electron chi connectivity index (χ4n) is 8.08. The number of benzene rings is 3. The van der Waals surface area contributed by atoms with Crippen LogP contribution in [0.3, 0.4) is 0 Å². The van der Waals surface area contributed by atoms with E-state index in [1.807, 2.05) is 0 Å². The molecule has 0 N–H and O–H groups in total. The molecule has 1 atom stereocenters. The van der Waals surface area contributed by atoms with E-state index in [0.717, 1.165) is 6.42 Å². The molecule has 3 aromatic carbocycles. The van der Waals surface area contributed by atoms with Gasteiger partial charge in [-0.15, -0.1) is 0 Å². The van der Waals surface area contributed by atoms with Crippen molar-refractivity contribution in [3.8, 4) is 11.1 Å². The number of hydrogen-bond donors (Lipinski definition) is 0. The second kappa shape index (κ2) is 11.1. The molecule has 222 valence electrons. The maximum atomic E-state index is 2.57. The molecular formula is C41H54Si. The smallest absolute Gasteiger partial charge is 0.0767 e. The van der Waals surface area contributed by atoms with Crippen LogP contribution >= 0.6 is 0 Å². The number of rotatable bonds is 7. The maximum Gasteiger partial charge on any atom is 0.0862 e. The van der Waals surface area contributed by atoms with E-state index in [9.17, 15) is 0 Å². The Balaban J connectivity index is 1.77. The molecule has 0 saturated carbocycles.